The Morgan fingerprint density at radius 2 is 1.38 bits per heavy atom. The van der Waals surface area contributed by atoms with Crippen LogP contribution in [0.3, 0.4) is 0 Å². The first-order valence-corrected chi connectivity index (χ1v) is 9.53. The van der Waals surface area contributed by atoms with Crippen molar-refractivity contribution in [1.82, 2.24) is 0 Å². The summed E-state index contributed by atoms with van der Waals surface area (Å²) < 4.78 is 5.80. The van der Waals surface area contributed by atoms with Crippen molar-refractivity contribution in [1.29, 1.82) is 0 Å². The second-order valence-electron chi connectivity index (χ2n) is 6.96. The molecule has 1 unspecified atom stereocenters. The molecular weight excluding hydrogens is 356 g/mol. The number of ether oxygens (including phenoxy) is 1. The number of hydrogen-bond donors (Lipinski definition) is 1. The van der Waals surface area contributed by atoms with Crippen molar-refractivity contribution in [3.05, 3.63) is 113 Å². The van der Waals surface area contributed by atoms with E-state index in [9.17, 15) is 5.11 Å². The van der Waals surface area contributed by atoms with E-state index in [-0.39, 0.29) is 0 Å². The molecule has 4 aromatic carbocycles. The van der Waals surface area contributed by atoms with Gasteiger partial charge in [0.25, 0.3) is 0 Å². The lowest BCUT2D eigenvalue weighted by Gasteiger charge is -2.24. The van der Waals surface area contributed by atoms with Crippen LogP contribution in [0.1, 0.15) is 22.3 Å². The van der Waals surface area contributed by atoms with Crippen LogP contribution in [0.5, 0.6) is 5.75 Å². The van der Waals surface area contributed by atoms with Crippen molar-refractivity contribution < 1.29 is 9.84 Å². The fourth-order valence-corrected chi connectivity index (χ4v) is 3.58. The van der Waals surface area contributed by atoms with Crippen LogP contribution in [0.4, 0.5) is 0 Å². The van der Waals surface area contributed by atoms with Gasteiger partial charge in [0.05, 0.1) is 0 Å². The molecule has 1 atom stereocenters. The molecule has 0 bridgehead atoms. The van der Waals surface area contributed by atoms with E-state index in [1.807, 2.05) is 84.9 Å². The molecule has 2 heteroatoms. The Hall–Kier alpha value is -3.80. The first-order valence-electron chi connectivity index (χ1n) is 9.53. The Bertz CT molecular complexity index is 1270. The summed E-state index contributed by atoms with van der Waals surface area (Å²) in [7, 11) is 0. The van der Waals surface area contributed by atoms with E-state index in [4.69, 9.17) is 4.74 Å². The molecule has 138 valence electrons. The Morgan fingerprint density at radius 3 is 2.17 bits per heavy atom. The molecule has 0 spiro atoms. The molecule has 0 aliphatic carbocycles. The lowest BCUT2D eigenvalue weighted by Crippen LogP contribution is -2.21. The maximum absolute atomic E-state index is 10.5. The van der Waals surface area contributed by atoms with Gasteiger partial charge in [0.2, 0.25) is 6.29 Å². The average molecular weight is 374 g/mol. The van der Waals surface area contributed by atoms with E-state index in [2.05, 4.69) is 24.0 Å². The van der Waals surface area contributed by atoms with Gasteiger partial charge in [-0.2, -0.15) is 0 Å². The maximum Gasteiger partial charge on any atom is 0.224 e. The SMILES string of the molecule is OC1Oc2ccc3ccccc3c2C=C1c1ccc(C#Cc2ccccc2)cc1. The third-order valence-electron chi connectivity index (χ3n) is 5.08. The first kappa shape index (κ1) is 17.3. The fraction of sp³-hybridized carbons (Fsp3) is 0.0370. The van der Waals surface area contributed by atoms with Crippen LogP contribution in [0.2, 0.25) is 0 Å². The van der Waals surface area contributed by atoms with Crippen LogP contribution in [0.25, 0.3) is 22.4 Å². The van der Waals surface area contributed by atoms with E-state index < -0.39 is 6.29 Å². The van der Waals surface area contributed by atoms with Crippen LogP contribution in [-0.4, -0.2) is 11.4 Å². The summed E-state index contributed by atoms with van der Waals surface area (Å²) in [5.74, 6) is 7.04. The number of fused-ring (bicyclic) bond motifs is 3. The zero-order chi connectivity index (χ0) is 19.6. The van der Waals surface area contributed by atoms with Gasteiger partial charge in [-0.3, -0.25) is 0 Å². The fourth-order valence-electron chi connectivity index (χ4n) is 3.58. The summed E-state index contributed by atoms with van der Waals surface area (Å²) in [6.07, 6.45) is 1.03. The highest BCUT2D eigenvalue weighted by atomic mass is 16.6. The molecule has 29 heavy (non-hydrogen) atoms. The number of benzene rings is 4. The van der Waals surface area contributed by atoms with Gasteiger partial charge >= 0.3 is 0 Å². The topological polar surface area (TPSA) is 29.5 Å². The molecule has 4 aromatic rings. The monoisotopic (exact) mass is 374 g/mol. The normalized spacial score (nSPS) is 14.9. The highest BCUT2D eigenvalue weighted by Crippen LogP contribution is 2.37. The Kier molecular flexibility index (Phi) is 4.37. The molecule has 1 heterocycles. The van der Waals surface area contributed by atoms with E-state index in [1.54, 1.807) is 0 Å². The largest absolute Gasteiger partial charge is 0.460 e. The number of aliphatic hydroxyl groups excluding tert-OH is 1. The molecule has 1 N–H and O–H groups in total. The first-order chi connectivity index (χ1) is 14.3. The second-order valence-corrected chi connectivity index (χ2v) is 6.96. The zero-order valence-electron chi connectivity index (χ0n) is 15.7. The van der Waals surface area contributed by atoms with E-state index in [0.717, 1.165) is 38.6 Å². The number of rotatable bonds is 1. The maximum atomic E-state index is 10.5. The van der Waals surface area contributed by atoms with Crippen LogP contribution in [0.15, 0.2) is 91.0 Å². The van der Waals surface area contributed by atoms with Crippen molar-refractivity contribution in [2.75, 3.05) is 0 Å². The summed E-state index contributed by atoms with van der Waals surface area (Å²) in [5.41, 5.74) is 4.57. The van der Waals surface area contributed by atoms with Gasteiger partial charge in [0, 0.05) is 22.3 Å². The molecule has 0 saturated carbocycles. The van der Waals surface area contributed by atoms with Gasteiger partial charge in [-0.25, -0.2) is 0 Å². The molecule has 0 amide bonds. The van der Waals surface area contributed by atoms with Crippen molar-refractivity contribution in [2.24, 2.45) is 0 Å². The van der Waals surface area contributed by atoms with Gasteiger partial charge in [0.15, 0.2) is 0 Å². The lowest BCUT2D eigenvalue weighted by atomic mass is 9.95. The Morgan fingerprint density at radius 1 is 0.690 bits per heavy atom. The predicted octanol–water partition coefficient (Wildman–Crippen LogP) is 5.49. The van der Waals surface area contributed by atoms with Crippen molar-refractivity contribution in [3.63, 3.8) is 0 Å². The molecule has 1 aliphatic heterocycles. The van der Waals surface area contributed by atoms with Crippen molar-refractivity contribution in [2.45, 2.75) is 6.29 Å². The summed E-state index contributed by atoms with van der Waals surface area (Å²) >= 11 is 0. The predicted molar refractivity (Wildman–Crippen MR) is 117 cm³/mol. The lowest BCUT2D eigenvalue weighted by molar-refractivity contribution is 0.0321. The van der Waals surface area contributed by atoms with Gasteiger partial charge in [-0.15, -0.1) is 0 Å². The van der Waals surface area contributed by atoms with Crippen LogP contribution in [-0.2, 0) is 0 Å². The molecule has 0 fully saturated rings. The summed E-state index contributed by atoms with van der Waals surface area (Å²) in [5, 5.41) is 12.8. The standard InChI is InChI=1S/C27H18O2/c28-27-24(18-25-23-9-5-4-8-21(23)16-17-26(25)29-27)22-14-12-20(13-15-22)11-10-19-6-2-1-3-7-19/h1-9,12-18,27-28H. The summed E-state index contributed by atoms with van der Waals surface area (Å²) in [6.45, 7) is 0. The minimum Gasteiger partial charge on any atom is -0.460 e. The highest BCUT2D eigenvalue weighted by Gasteiger charge is 2.23. The number of hydrogen-bond acceptors (Lipinski definition) is 2. The van der Waals surface area contributed by atoms with E-state index in [1.165, 1.54) is 0 Å². The molecular formula is C27H18O2. The third kappa shape index (κ3) is 3.40. The zero-order valence-corrected chi connectivity index (χ0v) is 15.7. The van der Waals surface area contributed by atoms with Crippen molar-refractivity contribution >= 4 is 22.4 Å². The van der Waals surface area contributed by atoms with Gasteiger partial charge in [-0.05, 0) is 52.7 Å². The quantitative estimate of drug-likeness (QED) is 0.446. The molecule has 1 aliphatic rings. The molecule has 0 aromatic heterocycles. The smallest absolute Gasteiger partial charge is 0.224 e. The number of aliphatic hydroxyl groups is 1. The van der Waals surface area contributed by atoms with E-state index in [0.29, 0.717) is 5.75 Å². The Labute approximate surface area is 169 Å². The van der Waals surface area contributed by atoms with Crippen molar-refractivity contribution in [3.8, 4) is 17.6 Å². The van der Waals surface area contributed by atoms with Crippen LogP contribution >= 0.6 is 0 Å². The highest BCUT2D eigenvalue weighted by molar-refractivity contribution is 5.99. The van der Waals surface area contributed by atoms with Crippen LogP contribution < -0.4 is 4.74 Å². The minimum absolute atomic E-state index is 0.699. The minimum atomic E-state index is -0.995. The molecule has 5 rings (SSSR count). The van der Waals surface area contributed by atoms with Gasteiger partial charge in [0.1, 0.15) is 5.75 Å². The van der Waals surface area contributed by atoms with E-state index >= 15 is 0 Å². The Balaban J connectivity index is 1.50. The molecule has 0 saturated heterocycles. The molecule has 0 radical (unpaired) electrons. The average Bonchev–Trinajstić information content (AvgIpc) is 2.78. The summed E-state index contributed by atoms with van der Waals surface area (Å²) in [6, 6.07) is 29.9. The van der Waals surface area contributed by atoms with Gasteiger partial charge in [-0.1, -0.05) is 72.5 Å². The molecule has 2 nitrogen and oxygen atoms in total. The third-order valence-corrected chi connectivity index (χ3v) is 5.08. The second kappa shape index (κ2) is 7.31. The van der Waals surface area contributed by atoms with Crippen LogP contribution in [0, 0.1) is 11.8 Å². The van der Waals surface area contributed by atoms with Gasteiger partial charge < -0.3 is 9.84 Å². The summed E-state index contributed by atoms with van der Waals surface area (Å²) in [4.78, 5) is 0.